The number of nitrogens with zero attached hydrogens (tertiary/aromatic N) is 3. The number of carbonyl (C=O) groups is 2. The predicted octanol–water partition coefficient (Wildman–Crippen LogP) is 1.18. The van der Waals surface area contributed by atoms with Crippen molar-refractivity contribution in [1.29, 1.82) is 0 Å². The Balaban J connectivity index is 1.53. The summed E-state index contributed by atoms with van der Waals surface area (Å²) in [5.41, 5.74) is 5.08. The van der Waals surface area contributed by atoms with Crippen LogP contribution in [0.5, 0.6) is 0 Å². The molecular formula is C18H15N4O3S-. The second-order valence-corrected chi connectivity index (χ2v) is 6.38. The molecule has 132 valence electrons. The number of thioether (sulfide) groups is 1. The van der Waals surface area contributed by atoms with E-state index < -0.39 is 5.97 Å². The third-order valence-corrected chi connectivity index (χ3v) is 4.66. The maximum absolute atomic E-state index is 11.9. The number of carboxylic acid groups (broad SMARTS) is 1. The molecule has 8 heteroatoms. The monoisotopic (exact) mass is 367 g/mol. The van der Waals surface area contributed by atoms with Crippen molar-refractivity contribution < 1.29 is 14.7 Å². The Hall–Kier alpha value is -3.13. The van der Waals surface area contributed by atoms with Gasteiger partial charge in [-0.05, 0) is 23.3 Å². The highest BCUT2D eigenvalue weighted by Crippen LogP contribution is 2.22. The van der Waals surface area contributed by atoms with E-state index in [0.717, 1.165) is 16.2 Å². The molecule has 1 heterocycles. The predicted molar refractivity (Wildman–Crippen MR) is 97.9 cm³/mol. The zero-order chi connectivity index (χ0) is 18.5. The molecule has 0 saturated heterocycles. The fraction of sp³-hybridized carbons (Fsp3) is 0.111. The molecule has 0 fully saturated rings. The van der Waals surface area contributed by atoms with E-state index >= 15 is 0 Å². The number of benzene rings is 2. The molecular weight excluding hydrogens is 352 g/mol. The zero-order valence-electron chi connectivity index (χ0n) is 13.9. The van der Waals surface area contributed by atoms with Gasteiger partial charge in [-0.25, -0.2) is 10.4 Å². The van der Waals surface area contributed by atoms with Crippen LogP contribution in [0.4, 0.5) is 0 Å². The van der Waals surface area contributed by atoms with Crippen LogP contribution in [0.1, 0.15) is 15.9 Å². The molecule has 3 aromatic rings. The number of carbonyl (C=O) groups excluding carboxylic acids is 2. The quantitative estimate of drug-likeness (QED) is 0.401. The maximum Gasteiger partial charge on any atom is 0.250 e. The topological polar surface area (TPSA) is 99.4 Å². The summed E-state index contributed by atoms with van der Waals surface area (Å²) in [6.07, 6.45) is 1.44. The van der Waals surface area contributed by atoms with Crippen molar-refractivity contribution in [2.75, 3.05) is 5.75 Å². The molecule has 1 amide bonds. The van der Waals surface area contributed by atoms with Gasteiger partial charge in [-0.1, -0.05) is 48.2 Å². The lowest BCUT2D eigenvalue weighted by Crippen LogP contribution is -2.22. The average molecular weight is 367 g/mol. The van der Waals surface area contributed by atoms with Crippen molar-refractivity contribution in [3.63, 3.8) is 0 Å². The normalized spacial score (nSPS) is 11.1. The van der Waals surface area contributed by atoms with E-state index in [1.807, 2.05) is 35.9 Å². The first kappa shape index (κ1) is 17.7. The summed E-state index contributed by atoms with van der Waals surface area (Å²) < 4.78 is 1.94. The van der Waals surface area contributed by atoms with Gasteiger partial charge in [0, 0.05) is 7.05 Å². The number of carboxylic acids is 1. The Kier molecular flexibility index (Phi) is 5.33. The van der Waals surface area contributed by atoms with Gasteiger partial charge in [-0.2, -0.15) is 5.10 Å². The molecule has 0 atom stereocenters. The second-order valence-electron chi connectivity index (χ2n) is 5.43. The Bertz CT molecular complexity index is 980. The molecule has 0 aliphatic rings. The fourth-order valence-electron chi connectivity index (χ4n) is 2.30. The summed E-state index contributed by atoms with van der Waals surface area (Å²) in [7, 11) is 1.91. The molecule has 2 aromatic carbocycles. The Morgan fingerprint density at radius 2 is 1.96 bits per heavy atom. The largest absolute Gasteiger partial charge is 0.545 e. The number of amides is 1. The molecule has 0 aliphatic heterocycles. The average Bonchev–Trinajstić information content (AvgIpc) is 2.97. The van der Waals surface area contributed by atoms with Crippen LogP contribution in [-0.2, 0) is 11.8 Å². The Morgan fingerprint density at radius 1 is 1.23 bits per heavy atom. The molecule has 3 rings (SSSR count). The molecule has 0 spiro atoms. The van der Waals surface area contributed by atoms with Crippen LogP contribution in [0.25, 0.3) is 11.0 Å². The van der Waals surface area contributed by atoms with Gasteiger partial charge >= 0.3 is 0 Å². The van der Waals surface area contributed by atoms with E-state index in [4.69, 9.17) is 0 Å². The van der Waals surface area contributed by atoms with E-state index in [9.17, 15) is 14.7 Å². The number of imidazole rings is 1. The summed E-state index contributed by atoms with van der Waals surface area (Å²) >= 11 is 1.33. The van der Waals surface area contributed by atoms with Crippen LogP contribution < -0.4 is 10.5 Å². The third-order valence-electron chi connectivity index (χ3n) is 3.63. The molecule has 1 N–H and O–H groups in total. The second kappa shape index (κ2) is 7.83. The van der Waals surface area contributed by atoms with Gasteiger partial charge in [0.05, 0.1) is 29.0 Å². The number of rotatable bonds is 6. The number of aromatic carboxylic acids is 1. The van der Waals surface area contributed by atoms with Gasteiger partial charge in [-0.3, -0.25) is 4.79 Å². The summed E-state index contributed by atoms with van der Waals surface area (Å²) in [5, 5.41) is 15.3. The van der Waals surface area contributed by atoms with E-state index in [2.05, 4.69) is 15.5 Å². The molecule has 0 saturated carbocycles. The molecule has 0 unspecified atom stereocenters. The highest BCUT2D eigenvalue weighted by atomic mass is 32.2. The SMILES string of the molecule is Cn1c(SCC(=O)N/N=C\c2ccc(C(=O)[O-])cc2)nc2ccccc21. The summed E-state index contributed by atoms with van der Waals surface area (Å²) in [4.78, 5) is 27.1. The number of nitrogens with one attached hydrogen (secondary N) is 1. The van der Waals surface area contributed by atoms with Crippen LogP contribution >= 0.6 is 11.8 Å². The van der Waals surface area contributed by atoms with Crippen LogP contribution in [0.15, 0.2) is 58.8 Å². The number of fused-ring (bicyclic) bond motifs is 1. The number of aryl methyl sites for hydroxylation is 1. The Morgan fingerprint density at radius 3 is 2.65 bits per heavy atom. The number of hydrogen-bond donors (Lipinski definition) is 1. The lowest BCUT2D eigenvalue weighted by Gasteiger charge is -2.02. The van der Waals surface area contributed by atoms with Gasteiger partial charge in [0.25, 0.3) is 5.91 Å². The van der Waals surface area contributed by atoms with Crippen LogP contribution in [0.2, 0.25) is 0 Å². The maximum atomic E-state index is 11.9. The van der Waals surface area contributed by atoms with E-state index in [1.165, 1.54) is 30.1 Å². The molecule has 0 aliphatic carbocycles. The number of hydrogen-bond acceptors (Lipinski definition) is 6. The van der Waals surface area contributed by atoms with E-state index in [1.54, 1.807) is 12.1 Å². The molecule has 1 aromatic heterocycles. The zero-order valence-corrected chi connectivity index (χ0v) is 14.7. The lowest BCUT2D eigenvalue weighted by atomic mass is 10.1. The van der Waals surface area contributed by atoms with Crippen molar-refractivity contribution in [2.24, 2.45) is 12.1 Å². The minimum atomic E-state index is -1.24. The van der Waals surface area contributed by atoms with Crippen molar-refractivity contribution in [1.82, 2.24) is 15.0 Å². The Labute approximate surface area is 153 Å². The number of hydrazone groups is 1. The van der Waals surface area contributed by atoms with Gasteiger partial charge < -0.3 is 14.5 Å². The van der Waals surface area contributed by atoms with Gasteiger partial charge in [0.1, 0.15) is 0 Å². The summed E-state index contributed by atoms with van der Waals surface area (Å²) in [5.74, 6) is -1.32. The van der Waals surface area contributed by atoms with Gasteiger partial charge in [0.2, 0.25) is 0 Å². The standard InChI is InChI=1S/C18H16N4O3S/c1-22-15-5-3-2-4-14(15)20-18(22)26-11-16(23)21-19-10-12-6-8-13(9-7-12)17(24)25/h2-10H,11H2,1H3,(H,21,23)(H,24,25)/p-1/b19-10-. The molecule has 26 heavy (non-hydrogen) atoms. The number of aromatic nitrogens is 2. The van der Waals surface area contributed by atoms with Crippen molar-refractivity contribution in [3.05, 3.63) is 59.7 Å². The van der Waals surface area contributed by atoms with Crippen molar-refractivity contribution in [2.45, 2.75) is 5.16 Å². The highest BCUT2D eigenvalue weighted by Gasteiger charge is 2.09. The van der Waals surface area contributed by atoms with Gasteiger partial charge in [0.15, 0.2) is 5.16 Å². The van der Waals surface area contributed by atoms with Crippen molar-refractivity contribution >= 4 is 40.9 Å². The minimum absolute atomic E-state index is 0.0880. The molecule has 7 nitrogen and oxygen atoms in total. The van der Waals surface area contributed by atoms with Gasteiger partial charge in [-0.15, -0.1) is 0 Å². The third kappa shape index (κ3) is 4.09. The molecule has 0 bridgehead atoms. The van der Waals surface area contributed by atoms with Crippen LogP contribution in [0, 0.1) is 0 Å². The first-order valence-corrected chi connectivity index (χ1v) is 8.71. The van der Waals surface area contributed by atoms with E-state index in [-0.39, 0.29) is 17.2 Å². The smallest absolute Gasteiger partial charge is 0.250 e. The minimum Gasteiger partial charge on any atom is -0.545 e. The first-order valence-electron chi connectivity index (χ1n) is 7.72. The fourth-order valence-corrected chi connectivity index (χ4v) is 3.08. The summed E-state index contributed by atoms with van der Waals surface area (Å²) in [6, 6.07) is 13.8. The van der Waals surface area contributed by atoms with Crippen LogP contribution in [0.3, 0.4) is 0 Å². The van der Waals surface area contributed by atoms with E-state index in [0.29, 0.717) is 5.56 Å². The summed E-state index contributed by atoms with van der Waals surface area (Å²) in [6.45, 7) is 0. The highest BCUT2D eigenvalue weighted by molar-refractivity contribution is 7.99. The first-order chi connectivity index (χ1) is 12.5. The van der Waals surface area contributed by atoms with Crippen molar-refractivity contribution in [3.8, 4) is 0 Å². The lowest BCUT2D eigenvalue weighted by molar-refractivity contribution is -0.255. The molecule has 0 radical (unpaired) electrons. The number of para-hydroxylation sites is 2. The van der Waals surface area contributed by atoms with Crippen LogP contribution in [-0.4, -0.2) is 33.4 Å².